The van der Waals surface area contributed by atoms with Crippen molar-refractivity contribution in [3.8, 4) is 0 Å². The molecule has 1 aromatic rings. The first-order valence-corrected chi connectivity index (χ1v) is 7.53. The Morgan fingerprint density at radius 2 is 2.16 bits per heavy atom. The van der Waals surface area contributed by atoms with Crippen LogP contribution in [0.25, 0.3) is 0 Å². The SMILES string of the molecule is COCCC(C)(C)CNC(=O)c1cc(Cl)ccc1I. The summed E-state index contributed by atoms with van der Waals surface area (Å²) in [5.74, 6) is -0.0857. The Labute approximate surface area is 133 Å². The molecule has 0 saturated heterocycles. The minimum absolute atomic E-state index is 0.00960. The molecule has 0 aromatic heterocycles. The molecule has 0 unspecified atom stereocenters. The Morgan fingerprint density at radius 3 is 2.79 bits per heavy atom. The zero-order valence-electron chi connectivity index (χ0n) is 11.4. The first kappa shape index (κ1) is 16.7. The second kappa shape index (κ2) is 7.45. The van der Waals surface area contributed by atoms with E-state index in [-0.39, 0.29) is 11.3 Å². The van der Waals surface area contributed by atoms with Crippen molar-refractivity contribution in [3.05, 3.63) is 32.4 Å². The van der Waals surface area contributed by atoms with Gasteiger partial charge in [-0.2, -0.15) is 0 Å². The van der Waals surface area contributed by atoms with Gasteiger partial charge < -0.3 is 10.1 Å². The van der Waals surface area contributed by atoms with E-state index in [0.717, 1.165) is 9.99 Å². The summed E-state index contributed by atoms with van der Waals surface area (Å²) in [7, 11) is 1.68. The quantitative estimate of drug-likeness (QED) is 0.745. The van der Waals surface area contributed by atoms with E-state index in [9.17, 15) is 4.79 Å². The maximum atomic E-state index is 12.1. The van der Waals surface area contributed by atoms with Crippen LogP contribution < -0.4 is 5.32 Å². The molecule has 5 heteroatoms. The highest BCUT2D eigenvalue weighted by Crippen LogP contribution is 2.21. The molecule has 0 atom stereocenters. The lowest BCUT2D eigenvalue weighted by molar-refractivity contribution is 0.0920. The van der Waals surface area contributed by atoms with Gasteiger partial charge in [-0.1, -0.05) is 25.4 Å². The van der Waals surface area contributed by atoms with Crippen LogP contribution in [0.15, 0.2) is 18.2 Å². The normalized spacial score (nSPS) is 11.4. The highest BCUT2D eigenvalue weighted by atomic mass is 127. The van der Waals surface area contributed by atoms with E-state index in [0.29, 0.717) is 23.7 Å². The summed E-state index contributed by atoms with van der Waals surface area (Å²) in [5, 5.41) is 3.53. The molecule has 1 rings (SSSR count). The molecular formula is C14H19ClINO2. The molecule has 1 amide bonds. The maximum absolute atomic E-state index is 12.1. The summed E-state index contributed by atoms with van der Waals surface area (Å²) >= 11 is 8.06. The maximum Gasteiger partial charge on any atom is 0.252 e. The van der Waals surface area contributed by atoms with Crippen LogP contribution in [-0.4, -0.2) is 26.2 Å². The van der Waals surface area contributed by atoms with E-state index < -0.39 is 0 Å². The lowest BCUT2D eigenvalue weighted by Crippen LogP contribution is -2.35. The molecule has 0 aliphatic carbocycles. The zero-order valence-corrected chi connectivity index (χ0v) is 14.3. The van der Waals surface area contributed by atoms with Crippen molar-refractivity contribution in [3.63, 3.8) is 0 Å². The lowest BCUT2D eigenvalue weighted by atomic mass is 9.89. The van der Waals surface area contributed by atoms with Crippen LogP contribution in [0.3, 0.4) is 0 Å². The Hall–Kier alpha value is -0.330. The molecule has 0 aliphatic rings. The fraction of sp³-hybridized carbons (Fsp3) is 0.500. The van der Waals surface area contributed by atoms with Crippen LogP contribution in [0, 0.1) is 8.99 Å². The second-order valence-electron chi connectivity index (χ2n) is 5.21. The number of hydrogen-bond donors (Lipinski definition) is 1. The van der Waals surface area contributed by atoms with E-state index in [2.05, 4.69) is 41.8 Å². The third-order valence-electron chi connectivity index (χ3n) is 2.88. The van der Waals surface area contributed by atoms with Crippen LogP contribution in [-0.2, 0) is 4.74 Å². The number of carbonyl (C=O) groups excluding carboxylic acids is 1. The van der Waals surface area contributed by atoms with Crippen molar-refractivity contribution in [1.82, 2.24) is 5.32 Å². The van der Waals surface area contributed by atoms with Crippen LogP contribution >= 0.6 is 34.2 Å². The molecule has 0 heterocycles. The summed E-state index contributed by atoms with van der Waals surface area (Å²) < 4.78 is 5.97. The predicted octanol–water partition coefficient (Wildman–Crippen LogP) is 3.74. The molecule has 0 fully saturated rings. The van der Waals surface area contributed by atoms with Gasteiger partial charge in [-0.05, 0) is 52.6 Å². The predicted molar refractivity (Wildman–Crippen MR) is 86.8 cm³/mol. The topological polar surface area (TPSA) is 38.3 Å². The highest BCUT2D eigenvalue weighted by Gasteiger charge is 2.19. The van der Waals surface area contributed by atoms with Gasteiger partial charge in [0.2, 0.25) is 0 Å². The van der Waals surface area contributed by atoms with Gasteiger partial charge in [0, 0.05) is 28.9 Å². The van der Waals surface area contributed by atoms with Crippen molar-refractivity contribution in [2.45, 2.75) is 20.3 Å². The van der Waals surface area contributed by atoms with Gasteiger partial charge in [-0.25, -0.2) is 0 Å². The highest BCUT2D eigenvalue weighted by molar-refractivity contribution is 14.1. The minimum Gasteiger partial charge on any atom is -0.385 e. The van der Waals surface area contributed by atoms with Gasteiger partial charge in [-0.3, -0.25) is 4.79 Å². The first-order chi connectivity index (χ1) is 8.85. The standard InChI is InChI=1S/C14H19ClINO2/c1-14(2,6-7-19-3)9-17-13(18)11-8-10(15)4-5-12(11)16/h4-5,8H,6-7,9H2,1-3H3,(H,17,18). The van der Waals surface area contributed by atoms with Crippen LogP contribution in [0.5, 0.6) is 0 Å². The van der Waals surface area contributed by atoms with Gasteiger partial charge >= 0.3 is 0 Å². The molecule has 106 valence electrons. The van der Waals surface area contributed by atoms with E-state index in [1.165, 1.54) is 0 Å². The average Bonchev–Trinajstić information content (AvgIpc) is 2.36. The number of methoxy groups -OCH3 is 1. The van der Waals surface area contributed by atoms with Gasteiger partial charge in [0.15, 0.2) is 0 Å². The Morgan fingerprint density at radius 1 is 1.47 bits per heavy atom. The zero-order chi connectivity index (χ0) is 14.5. The van der Waals surface area contributed by atoms with E-state index in [1.54, 1.807) is 19.2 Å². The second-order valence-corrected chi connectivity index (χ2v) is 6.81. The summed E-state index contributed by atoms with van der Waals surface area (Å²) in [6.45, 7) is 5.51. The fourth-order valence-electron chi connectivity index (χ4n) is 1.55. The molecule has 0 saturated carbocycles. The smallest absolute Gasteiger partial charge is 0.252 e. The molecule has 0 aliphatic heterocycles. The molecule has 0 radical (unpaired) electrons. The van der Waals surface area contributed by atoms with Crippen molar-refractivity contribution >= 4 is 40.1 Å². The first-order valence-electron chi connectivity index (χ1n) is 6.08. The molecule has 3 nitrogen and oxygen atoms in total. The largest absolute Gasteiger partial charge is 0.385 e. The summed E-state index contributed by atoms with van der Waals surface area (Å²) in [6, 6.07) is 5.32. The van der Waals surface area contributed by atoms with Crippen molar-refractivity contribution < 1.29 is 9.53 Å². The number of carbonyl (C=O) groups is 1. The Kier molecular flexibility index (Phi) is 6.56. The van der Waals surface area contributed by atoms with Crippen molar-refractivity contribution in [1.29, 1.82) is 0 Å². The minimum atomic E-state index is -0.0857. The summed E-state index contributed by atoms with van der Waals surface area (Å²) in [5.41, 5.74) is 0.631. The van der Waals surface area contributed by atoms with Crippen LogP contribution in [0.2, 0.25) is 5.02 Å². The number of nitrogens with one attached hydrogen (secondary N) is 1. The van der Waals surface area contributed by atoms with Gasteiger partial charge in [0.1, 0.15) is 0 Å². The third-order valence-corrected chi connectivity index (χ3v) is 4.06. The van der Waals surface area contributed by atoms with E-state index >= 15 is 0 Å². The molecule has 0 spiro atoms. The number of hydrogen-bond acceptors (Lipinski definition) is 2. The summed E-state index contributed by atoms with van der Waals surface area (Å²) in [4.78, 5) is 12.1. The third kappa shape index (κ3) is 5.67. The molecule has 19 heavy (non-hydrogen) atoms. The Bertz CT molecular complexity index is 449. The van der Waals surface area contributed by atoms with Crippen molar-refractivity contribution in [2.75, 3.05) is 20.3 Å². The fourth-order valence-corrected chi connectivity index (χ4v) is 2.31. The number of ether oxygens (including phenoxy) is 1. The van der Waals surface area contributed by atoms with Crippen molar-refractivity contribution in [2.24, 2.45) is 5.41 Å². The number of amides is 1. The molecular weight excluding hydrogens is 377 g/mol. The van der Waals surface area contributed by atoms with Gasteiger partial charge in [-0.15, -0.1) is 0 Å². The monoisotopic (exact) mass is 395 g/mol. The Balaban J connectivity index is 2.62. The number of halogens is 2. The van der Waals surface area contributed by atoms with E-state index in [1.807, 2.05) is 6.07 Å². The summed E-state index contributed by atoms with van der Waals surface area (Å²) in [6.07, 6.45) is 0.899. The number of rotatable bonds is 6. The van der Waals surface area contributed by atoms with Crippen LogP contribution in [0.1, 0.15) is 30.6 Å². The van der Waals surface area contributed by atoms with Gasteiger partial charge in [0.05, 0.1) is 5.56 Å². The number of benzene rings is 1. The average molecular weight is 396 g/mol. The lowest BCUT2D eigenvalue weighted by Gasteiger charge is -2.24. The van der Waals surface area contributed by atoms with Gasteiger partial charge in [0.25, 0.3) is 5.91 Å². The molecule has 1 N–H and O–H groups in total. The van der Waals surface area contributed by atoms with E-state index in [4.69, 9.17) is 16.3 Å². The van der Waals surface area contributed by atoms with Crippen LogP contribution in [0.4, 0.5) is 0 Å². The molecule has 0 bridgehead atoms. The molecule has 1 aromatic carbocycles.